The molecule has 2 aromatic carbocycles. The molecule has 1 saturated heterocycles. The van der Waals surface area contributed by atoms with Gasteiger partial charge < -0.3 is 9.47 Å². The molecule has 0 spiro atoms. The zero-order valence-electron chi connectivity index (χ0n) is 14.9. The molecule has 2 aromatic rings. The number of nitrogens with zero attached hydrogens (tertiary/aromatic N) is 2. The van der Waals surface area contributed by atoms with Gasteiger partial charge in [-0.3, -0.25) is 14.6 Å². The van der Waals surface area contributed by atoms with Crippen molar-refractivity contribution in [1.29, 1.82) is 0 Å². The number of benzene rings is 2. The van der Waals surface area contributed by atoms with Crippen LogP contribution in [-0.4, -0.2) is 55.1 Å². The quantitative estimate of drug-likeness (QED) is 0.774. The first kappa shape index (κ1) is 17.1. The van der Waals surface area contributed by atoms with Gasteiger partial charge in [-0.25, -0.2) is 0 Å². The number of ketones is 1. The van der Waals surface area contributed by atoms with Crippen molar-refractivity contribution in [2.75, 3.05) is 39.5 Å². The van der Waals surface area contributed by atoms with Crippen LogP contribution in [0.3, 0.4) is 0 Å². The third-order valence-corrected chi connectivity index (χ3v) is 4.82. The topological polar surface area (TPSA) is 42.0 Å². The van der Waals surface area contributed by atoms with Crippen molar-refractivity contribution in [3.63, 3.8) is 0 Å². The van der Waals surface area contributed by atoms with E-state index in [4.69, 9.17) is 9.47 Å². The fraction of sp³-hybridized carbons (Fsp3) is 0.381. The van der Waals surface area contributed by atoms with Crippen LogP contribution < -0.4 is 9.47 Å². The van der Waals surface area contributed by atoms with Crippen molar-refractivity contribution < 1.29 is 14.3 Å². The molecular weight excluding hydrogens is 328 g/mol. The van der Waals surface area contributed by atoms with E-state index in [0.717, 1.165) is 38.5 Å². The van der Waals surface area contributed by atoms with Crippen LogP contribution in [0.4, 0.5) is 0 Å². The molecule has 4 rings (SSSR count). The van der Waals surface area contributed by atoms with Crippen molar-refractivity contribution >= 4 is 5.78 Å². The minimum atomic E-state index is 0.127. The van der Waals surface area contributed by atoms with Gasteiger partial charge in [0.25, 0.3) is 0 Å². The fourth-order valence-electron chi connectivity index (χ4n) is 3.44. The number of carbonyl (C=O) groups is 1. The summed E-state index contributed by atoms with van der Waals surface area (Å²) >= 11 is 0. The van der Waals surface area contributed by atoms with Gasteiger partial charge in [0.1, 0.15) is 0 Å². The van der Waals surface area contributed by atoms with Gasteiger partial charge >= 0.3 is 0 Å². The Kier molecular flexibility index (Phi) is 5.18. The summed E-state index contributed by atoms with van der Waals surface area (Å²) in [6.07, 6.45) is 0.864. The van der Waals surface area contributed by atoms with Gasteiger partial charge in [0.15, 0.2) is 17.3 Å². The van der Waals surface area contributed by atoms with E-state index < -0.39 is 0 Å². The third-order valence-electron chi connectivity index (χ3n) is 4.82. The smallest absolute Gasteiger partial charge is 0.177 e. The van der Waals surface area contributed by atoms with Crippen molar-refractivity contribution in [1.82, 2.24) is 9.80 Å². The Morgan fingerprint density at radius 1 is 0.923 bits per heavy atom. The van der Waals surface area contributed by atoms with Crippen molar-refractivity contribution in [3.8, 4) is 11.5 Å². The van der Waals surface area contributed by atoms with E-state index in [-0.39, 0.29) is 5.78 Å². The Balaban J connectivity index is 1.34. The maximum absolute atomic E-state index is 12.7. The molecule has 0 atom stereocenters. The molecule has 2 heterocycles. The standard InChI is InChI=1S/C21H24N2O3/c24-19(18-7-8-20-21(13-18)26-12-4-11-25-20)15-23-10-9-22(16-23)14-17-5-2-1-3-6-17/h1-3,5-8,13H,4,9-12,14-16H2. The normalized spacial score (nSPS) is 17.8. The molecule has 26 heavy (non-hydrogen) atoms. The second kappa shape index (κ2) is 7.89. The lowest BCUT2D eigenvalue weighted by molar-refractivity contribution is 0.0933. The lowest BCUT2D eigenvalue weighted by Gasteiger charge is -2.18. The highest BCUT2D eigenvalue weighted by Crippen LogP contribution is 2.30. The van der Waals surface area contributed by atoms with Crippen LogP contribution in [0.5, 0.6) is 11.5 Å². The van der Waals surface area contributed by atoms with Crippen molar-refractivity contribution in [2.45, 2.75) is 13.0 Å². The van der Waals surface area contributed by atoms with Gasteiger partial charge in [0.05, 0.1) is 26.4 Å². The molecule has 0 radical (unpaired) electrons. The summed E-state index contributed by atoms with van der Waals surface area (Å²) in [5.74, 6) is 1.54. The highest BCUT2D eigenvalue weighted by Gasteiger charge is 2.23. The third kappa shape index (κ3) is 4.06. The first-order valence-electron chi connectivity index (χ1n) is 9.19. The lowest BCUT2D eigenvalue weighted by Crippen LogP contribution is -2.30. The molecule has 136 valence electrons. The number of hydrogen-bond acceptors (Lipinski definition) is 5. The van der Waals surface area contributed by atoms with Crippen molar-refractivity contribution in [2.24, 2.45) is 0 Å². The maximum Gasteiger partial charge on any atom is 0.177 e. The molecule has 1 fully saturated rings. The predicted octanol–water partition coefficient (Wildman–Crippen LogP) is 2.81. The summed E-state index contributed by atoms with van der Waals surface area (Å²) in [4.78, 5) is 17.3. The number of Topliss-reactive ketones (excluding diaryl/α,β-unsaturated/α-hetero) is 1. The average molecular weight is 352 g/mol. The zero-order chi connectivity index (χ0) is 17.8. The van der Waals surface area contributed by atoms with Gasteiger partial charge in [-0.05, 0) is 23.8 Å². The highest BCUT2D eigenvalue weighted by atomic mass is 16.5. The van der Waals surface area contributed by atoms with Gasteiger partial charge in [-0.2, -0.15) is 0 Å². The number of carbonyl (C=O) groups excluding carboxylic acids is 1. The summed E-state index contributed by atoms with van der Waals surface area (Å²) in [5.41, 5.74) is 2.00. The summed E-state index contributed by atoms with van der Waals surface area (Å²) < 4.78 is 11.3. The summed E-state index contributed by atoms with van der Waals surface area (Å²) in [7, 11) is 0. The van der Waals surface area contributed by atoms with Crippen LogP contribution in [0.1, 0.15) is 22.3 Å². The fourth-order valence-corrected chi connectivity index (χ4v) is 3.44. The molecule has 0 saturated carbocycles. The molecule has 5 heteroatoms. The van der Waals surface area contributed by atoms with E-state index in [9.17, 15) is 4.79 Å². The monoisotopic (exact) mass is 352 g/mol. The Bertz CT molecular complexity index is 763. The first-order valence-corrected chi connectivity index (χ1v) is 9.19. The summed E-state index contributed by atoms with van der Waals surface area (Å²) in [5, 5.41) is 0. The van der Waals surface area contributed by atoms with E-state index in [1.807, 2.05) is 24.3 Å². The van der Waals surface area contributed by atoms with Gasteiger partial charge in [-0.1, -0.05) is 30.3 Å². The van der Waals surface area contributed by atoms with E-state index in [0.29, 0.717) is 31.1 Å². The van der Waals surface area contributed by atoms with E-state index in [2.05, 4.69) is 34.1 Å². The van der Waals surface area contributed by atoms with Gasteiger partial charge in [-0.15, -0.1) is 0 Å². The van der Waals surface area contributed by atoms with E-state index in [1.54, 1.807) is 0 Å². The minimum Gasteiger partial charge on any atom is -0.490 e. The van der Waals surface area contributed by atoms with Crippen molar-refractivity contribution in [3.05, 3.63) is 59.7 Å². The number of hydrogen-bond donors (Lipinski definition) is 0. The SMILES string of the molecule is O=C(CN1CCN(Cc2ccccc2)C1)c1ccc2c(c1)OCCCO2. The largest absolute Gasteiger partial charge is 0.490 e. The van der Waals surface area contributed by atoms with Crippen LogP contribution >= 0.6 is 0 Å². The average Bonchev–Trinajstić information content (AvgIpc) is 2.96. The highest BCUT2D eigenvalue weighted by molar-refractivity contribution is 5.98. The van der Waals surface area contributed by atoms with Crippen LogP contribution in [0, 0.1) is 0 Å². The Morgan fingerprint density at radius 2 is 1.69 bits per heavy atom. The number of fused-ring (bicyclic) bond motifs is 1. The predicted molar refractivity (Wildman–Crippen MR) is 99.7 cm³/mol. The molecule has 0 N–H and O–H groups in total. The van der Waals surface area contributed by atoms with E-state index in [1.165, 1.54) is 5.56 Å². The molecule has 0 bridgehead atoms. The van der Waals surface area contributed by atoms with Crippen LogP contribution in [0.25, 0.3) is 0 Å². The molecule has 2 aliphatic rings. The lowest BCUT2D eigenvalue weighted by atomic mass is 10.1. The Morgan fingerprint density at radius 3 is 2.54 bits per heavy atom. The van der Waals surface area contributed by atoms with Crippen LogP contribution in [0.2, 0.25) is 0 Å². The Hall–Kier alpha value is -2.37. The molecule has 0 amide bonds. The molecule has 2 aliphatic heterocycles. The second-order valence-electron chi connectivity index (χ2n) is 6.87. The summed E-state index contributed by atoms with van der Waals surface area (Å²) in [6, 6.07) is 16.0. The Labute approximate surface area is 154 Å². The van der Waals surface area contributed by atoms with Gasteiger partial charge in [0, 0.05) is 31.6 Å². The van der Waals surface area contributed by atoms with E-state index >= 15 is 0 Å². The number of ether oxygens (including phenoxy) is 2. The van der Waals surface area contributed by atoms with Crippen LogP contribution in [0.15, 0.2) is 48.5 Å². The summed E-state index contributed by atoms with van der Waals surface area (Å²) in [6.45, 7) is 5.38. The molecule has 0 unspecified atom stereocenters. The van der Waals surface area contributed by atoms with Gasteiger partial charge in [0.2, 0.25) is 0 Å². The number of rotatable bonds is 5. The second-order valence-corrected chi connectivity index (χ2v) is 6.87. The zero-order valence-corrected chi connectivity index (χ0v) is 14.9. The molecule has 0 aromatic heterocycles. The molecule has 5 nitrogen and oxygen atoms in total. The first-order chi connectivity index (χ1) is 12.8. The molecule has 0 aliphatic carbocycles. The molecular formula is C21H24N2O3. The minimum absolute atomic E-state index is 0.127. The maximum atomic E-state index is 12.7. The van der Waals surface area contributed by atoms with Crippen LogP contribution in [-0.2, 0) is 6.54 Å².